The summed E-state index contributed by atoms with van der Waals surface area (Å²) in [5, 5.41) is 3.81. The summed E-state index contributed by atoms with van der Waals surface area (Å²) in [6, 6.07) is 5.50. The van der Waals surface area contributed by atoms with Crippen LogP contribution >= 0.6 is 0 Å². The van der Waals surface area contributed by atoms with Crippen LogP contribution in [0.15, 0.2) is 42.9 Å². The highest BCUT2D eigenvalue weighted by atomic mass is 19.1. The van der Waals surface area contributed by atoms with Crippen molar-refractivity contribution in [2.75, 3.05) is 5.32 Å². The van der Waals surface area contributed by atoms with E-state index in [0.29, 0.717) is 12.1 Å². The van der Waals surface area contributed by atoms with Gasteiger partial charge >= 0.3 is 6.03 Å². The molecule has 0 aliphatic carbocycles. The van der Waals surface area contributed by atoms with Gasteiger partial charge in [0.2, 0.25) is 0 Å². The molecule has 6 nitrogen and oxygen atoms in total. The number of aromatic nitrogens is 3. The highest BCUT2D eigenvalue weighted by molar-refractivity contribution is 5.93. The second-order valence-electron chi connectivity index (χ2n) is 7.25. The van der Waals surface area contributed by atoms with Gasteiger partial charge in [-0.15, -0.1) is 0 Å². The summed E-state index contributed by atoms with van der Waals surface area (Å²) in [6.45, 7) is 6.01. The van der Waals surface area contributed by atoms with E-state index in [-0.39, 0.29) is 23.9 Å². The summed E-state index contributed by atoms with van der Waals surface area (Å²) >= 11 is 0. The van der Waals surface area contributed by atoms with E-state index in [9.17, 15) is 9.18 Å². The van der Waals surface area contributed by atoms with Crippen LogP contribution < -0.4 is 5.32 Å². The molecule has 1 aliphatic rings. The van der Waals surface area contributed by atoms with Crippen molar-refractivity contribution in [3.8, 4) is 0 Å². The molecular weight excluding hydrogens is 357 g/mol. The molecule has 28 heavy (non-hydrogen) atoms. The minimum absolute atomic E-state index is 0.0344. The SMILES string of the molecule is Cc1c[nH]c2ncnc(C3=CC(C)N(C(=O)Nc4cccc(F)c4)C(C)C3)c12. The molecule has 3 aromatic rings. The third-order valence-corrected chi connectivity index (χ3v) is 5.15. The van der Waals surface area contributed by atoms with Crippen LogP contribution in [0.4, 0.5) is 14.9 Å². The molecule has 0 bridgehead atoms. The molecule has 2 N–H and O–H groups in total. The van der Waals surface area contributed by atoms with Crippen LogP contribution in [0.25, 0.3) is 16.6 Å². The number of aromatic amines is 1. The van der Waals surface area contributed by atoms with Gasteiger partial charge in [0.1, 0.15) is 17.8 Å². The van der Waals surface area contributed by atoms with E-state index in [1.165, 1.54) is 12.1 Å². The summed E-state index contributed by atoms with van der Waals surface area (Å²) in [6.07, 6.45) is 6.24. The number of nitrogens with one attached hydrogen (secondary N) is 2. The van der Waals surface area contributed by atoms with Gasteiger partial charge in [-0.05, 0) is 56.5 Å². The van der Waals surface area contributed by atoms with Gasteiger partial charge in [-0.25, -0.2) is 19.2 Å². The number of rotatable bonds is 2. The van der Waals surface area contributed by atoms with E-state index in [2.05, 4.69) is 26.3 Å². The Morgan fingerprint density at radius 3 is 2.89 bits per heavy atom. The molecule has 7 heteroatoms. The summed E-state index contributed by atoms with van der Waals surface area (Å²) in [5.74, 6) is -0.380. The number of hydrogen-bond donors (Lipinski definition) is 2. The second-order valence-corrected chi connectivity index (χ2v) is 7.25. The average molecular weight is 379 g/mol. The maximum Gasteiger partial charge on any atom is 0.322 e. The number of hydrogen-bond acceptors (Lipinski definition) is 3. The van der Waals surface area contributed by atoms with E-state index in [1.807, 2.05) is 27.0 Å². The zero-order valence-corrected chi connectivity index (χ0v) is 16.0. The van der Waals surface area contributed by atoms with Crippen molar-refractivity contribution < 1.29 is 9.18 Å². The number of halogens is 1. The lowest BCUT2D eigenvalue weighted by atomic mass is 9.93. The van der Waals surface area contributed by atoms with Crippen LogP contribution in [0.2, 0.25) is 0 Å². The van der Waals surface area contributed by atoms with Gasteiger partial charge < -0.3 is 15.2 Å². The first kappa shape index (κ1) is 18.2. The van der Waals surface area contributed by atoms with E-state index >= 15 is 0 Å². The van der Waals surface area contributed by atoms with Gasteiger partial charge in [-0.2, -0.15) is 0 Å². The molecule has 2 aromatic heterocycles. The Hall–Kier alpha value is -3.22. The Kier molecular flexibility index (Phi) is 4.58. The van der Waals surface area contributed by atoms with Crippen molar-refractivity contribution in [2.45, 2.75) is 39.3 Å². The van der Waals surface area contributed by atoms with Crippen LogP contribution in [0.3, 0.4) is 0 Å². The number of amides is 2. The minimum Gasteiger partial charge on any atom is -0.346 e. The number of fused-ring (bicyclic) bond motifs is 1. The van der Waals surface area contributed by atoms with Crippen molar-refractivity contribution in [2.24, 2.45) is 0 Å². The molecule has 0 fully saturated rings. The molecule has 1 aliphatic heterocycles. The molecule has 2 atom stereocenters. The molecule has 144 valence electrons. The monoisotopic (exact) mass is 379 g/mol. The Bertz CT molecular complexity index is 1070. The van der Waals surface area contributed by atoms with Crippen LogP contribution in [0.5, 0.6) is 0 Å². The van der Waals surface area contributed by atoms with E-state index in [4.69, 9.17) is 0 Å². The molecule has 0 saturated carbocycles. The fourth-order valence-electron chi connectivity index (χ4n) is 3.93. The molecule has 3 heterocycles. The lowest BCUT2D eigenvalue weighted by Crippen LogP contribution is -2.48. The van der Waals surface area contributed by atoms with E-state index in [1.54, 1.807) is 23.4 Å². The average Bonchev–Trinajstić information content (AvgIpc) is 3.02. The van der Waals surface area contributed by atoms with Crippen molar-refractivity contribution in [3.63, 3.8) is 0 Å². The Morgan fingerprint density at radius 1 is 1.32 bits per heavy atom. The minimum atomic E-state index is -0.380. The summed E-state index contributed by atoms with van der Waals surface area (Å²) in [5.41, 5.74) is 4.37. The lowest BCUT2D eigenvalue weighted by molar-refractivity contribution is 0.178. The van der Waals surface area contributed by atoms with E-state index < -0.39 is 0 Å². The van der Waals surface area contributed by atoms with Crippen molar-refractivity contribution in [3.05, 3.63) is 59.9 Å². The first-order chi connectivity index (χ1) is 13.4. The zero-order chi connectivity index (χ0) is 19.8. The van der Waals surface area contributed by atoms with Crippen molar-refractivity contribution in [1.82, 2.24) is 19.9 Å². The van der Waals surface area contributed by atoms with Crippen LogP contribution in [-0.4, -0.2) is 38.0 Å². The van der Waals surface area contributed by atoms with Gasteiger partial charge in [-0.1, -0.05) is 12.1 Å². The number of urea groups is 1. The predicted molar refractivity (Wildman–Crippen MR) is 107 cm³/mol. The van der Waals surface area contributed by atoms with Crippen molar-refractivity contribution in [1.29, 1.82) is 0 Å². The predicted octanol–water partition coefficient (Wildman–Crippen LogP) is 4.50. The molecule has 4 rings (SSSR count). The largest absolute Gasteiger partial charge is 0.346 e. The second kappa shape index (κ2) is 7.07. The number of anilines is 1. The van der Waals surface area contributed by atoms with Gasteiger partial charge in [0.15, 0.2) is 0 Å². The summed E-state index contributed by atoms with van der Waals surface area (Å²) in [4.78, 5) is 26.6. The maximum absolute atomic E-state index is 13.4. The molecule has 1 aromatic carbocycles. The summed E-state index contributed by atoms with van der Waals surface area (Å²) in [7, 11) is 0. The van der Waals surface area contributed by atoms with Crippen LogP contribution in [0, 0.1) is 12.7 Å². The quantitative estimate of drug-likeness (QED) is 0.688. The molecule has 0 spiro atoms. The number of carbonyl (C=O) groups excluding carboxylic acids is 1. The maximum atomic E-state index is 13.4. The third kappa shape index (κ3) is 3.24. The number of aryl methyl sites for hydroxylation is 1. The van der Waals surface area contributed by atoms with Gasteiger partial charge in [0.25, 0.3) is 0 Å². The molecule has 0 saturated heterocycles. The molecule has 2 unspecified atom stereocenters. The standard InChI is InChI=1S/C21H22FN5O/c1-12-10-23-20-18(12)19(24-11-25-20)15-7-13(2)27(14(3)8-15)21(28)26-17-6-4-5-16(22)9-17/h4-7,9-11,13-14H,8H2,1-3H3,(H,26,28)(H,23,24,25). The van der Waals surface area contributed by atoms with Gasteiger partial charge in [0, 0.05) is 29.4 Å². The highest BCUT2D eigenvalue weighted by Gasteiger charge is 2.31. The Balaban J connectivity index is 1.62. The number of nitrogens with zero attached hydrogens (tertiary/aromatic N) is 3. The Labute approximate surface area is 162 Å². The fraction of sp³-hybridized carbons (Fsp3) is 0.286. The zero-order valence-electron chi connectivity index (χ0n) is 16.0. The smallest absolute Gasteiger partial charge is 0.322 e. The highest BCUT2D eigenvalue weighted by Crippen LogP contribution is 2.33. The van der Waals surface area contributed by atoms with Crippen LogP contribution in [0.1, 0.15) is 31.5 Å². The first-order valence-electron chi connectivity index (χ1n) is 9.28. The molecular formula is C21H22FN5O. The summed E-state index contributed by atoms with van der Waals surface area (Å²) < 4.78 is 13.4. The van der Waals surface area contributed by atoms with Gasteiger partial charge in [-0.3, -0.25) is 0 Å². The number of H-pyrrole nitrogens is 1. The molecule has 0 radical (unpaired) electrons. The number of carbonyl (C=O) groups is 1. The first-order valence-corrected chi connectivity index (χ1v) is 9.28. The molecule has 2 amide bonds. The normalized spacial score (nSPS) is 19.6. The van der Waals surface area contributed by atoms with Crippen LogP contribution in [-0.2, 0) is 0 Å². The number of benzene rings is 1. The van der Waals surface area contributed by atoms with E-state index in [0.717, 1.165) is 27.9 Å². The lowest BCUT2D eigenvalue weighted by Gasteiger charge is -2.38. The Morgan fingerprint density at radius 2 is 2.14 bits per heavy atom. The van der Waals surface area contributed by atoms with Gasteiger partial charge in [0.05, 0.1) is 5.69 Å². The van der Waals surface area contributed by atoms with Crippen molar-refractivity contribution >= 4 is 28.3 Å². The topological polar surface area (TPSA) is 73.9 Å². The third-order valence-electron chi connectivity index (χ3n) is 5.15. The fourth-order valence-corrected chi connectivity index (χ4v) is 3.93.